The summed E-state index contributed by atoms with van der Waals surface area (Å²) in [6, 6.07) is 0. The zero-order valence-corrected chi connectivity index (χ0v) is 7.57. The smallest absolute Gasteiger partial charge is 0.332 e. The van der Waals surface area contributed by atoms with Gasteiger partial charge in [0.15, 0.2) is 0 Å². The molecule has 0 aromatic carbocycles. The van der Waals surface area contributed by atoms with E-state index >= 15 is 0 Å². The molecule has 0 saturated carbocycles. The van der Waals surface area contributed by atoms with Crippen molar-refractivity contribution in [2.24, 2.45) is 5.41 Å². The van der Waals surface area contributed by atoms with Gasteiger partial charge in [-0.15, -0.1) is 0 Å². The van der Waals surface area contributed by atoms with Gasteiger partial charge in [-0.1, -0.05) is 19.9 Å². The Balaban J connectivity index is 2.81. The Hall–Kier alpha value is -0.440. The van der Waals surface area contributed by atoms with Crippen molar-refractivity contribution in [1.29, 1.82) is 0 Å². The predicted octanol–water partition coefficient (Wildman–Crippen LogP) is 1.77. The number of carbonyl (C=O) groups is 1. The van der Waals surface area contributed by atoms with Crippen molar-refractivity contribution in [3.63, 3.8) is 0 Å². The van der Waals surface area contributed by atoms with E-state index in [-0.39, 0.29) is 5.41 Å². The third kappa shape index (κ3) is 2.26. The summed E-state index contributed by atoms with van der Waals surface area (Å²) in [6.45, 7) is 4.12. The first-order valence-corrected chi connectivity index (χ1v) is 4.69. The van der Waals surface area contributed by atoms with Gasteiger partial charge >= 0.3 is 5.97 Å². The van der Waals surface area contributed by atoms with Crippen LogP contribution in [0.3, 0.4) is 0 Å². The minimum Gasteiger partial charge on any atom is -0.478 e. The molecule has 0 spiro atoms. The fourth-order valence-electron chi connectivity index (χ4n) is 1.10. The summed E-state index contributed by atoms with van der Waals surface area (Å²) in [4.78, 5) is 10.6. The van der Waals surface area contributed by atoms with Gasteiger partial charge in [-0.3, -0.25) is 0 Å². The lowest BCUT2D eigenvalue weighted by Crippen LogP contribution is -2.20. The Morgan fingerprint density at radius 3 is 2.73 bits per heavy atom. The predicted molar refractivity (Wildman–Crippen MR) is 46.8 cm³/mol. The average Bonchev–Trinajstić information content (AvgIpc) is 1.85. The van der Waals surface area contributed by atoms with Crippen LogP contribution in [-0.2, 0) is 4.79 Å². The Morgan fingerprint density at radius 1 is 1.73 bits per heavy atom. The Labute approximate surface area is 70.7 Å². The molecule has 0 saturated heterocycles. The number of carboxylic acid groups (broad SMARTS) is 1. The lowest BCUT2D eigenvalue weighted by molar-refractivity contribution is -0.132. The van der Waals surface area contributed by atoms with Crippen molar-refractivity contribution < 1.29 is 9.90 Å². The molecule has 62 valence electrons. The van der Waals surface area contributed by atoms with Crippen molar-refractivity contribution in [3.05, 3.63) is 11.6 Å². The van der Waals surface area contributed by atoms with E-state index in [1.54, 1.807) is 11.8 Å². The second-order valence-electron chi connectivity index (χ2n) is 3.46. The Kier molecular flexibility index (Phi) is 2.28. The van der Waals surface area contributed by atoms with Crippen molar-refractivity contribution in [2.75, 3.05) is 11.5 Å². The molecular formula is C8H12O2S. The number of hydrogen-bond donors (Lipinski definition) is 1. The molecule has 0 amide bonds. The summed E-state index contributed by atoms with van der Waals surface area (Å²) < 4.78 is 0. The van der Waals surface area contributed by atoms with E-state index in [0.29, 0.717) is 11.3 Å². The molecule has 0 bridgehead atoms. The van der Waals surface area contributed by atoms with Crippen LogP contribution < -0.4 is 0 Å². The van der Waals surface area contributed by atoms with Gasteiger partial charge in [0.2, 0.25) is 0 Å². The SMILES string of the molecule is CC1(C)C=C(C(=O)O)CSC1. The summed E-state index contributed by atoms with van der Waals surface area (Å²) in [6.07, 6.45) is 1.87. The molecule has 2 nitrogen and oxygen atoms in total. The van der Waals surface area contributed by atoms with Gasteiger partial charge in [-0.05, 0) is 5.41 Å². The first kappa shape index (κ1) is 8.65. The largest absolute Gasteiger partial charge is 0.478 e. The van der Waals surface area contributed by atoms with Gasteiger partial charge in [0.1, 0.15) is 0 Å². The summed E-state index contributed by atoms with van der Waals surface area (Å²) in [7, 11) is 0. The van der Waals surface area contributed by atoms with Crippen LogP contribution >= 0.6 is 11.8 Å². The Morgan fingerprint density at radius 2 is 2.36 bits per heavy atom. The average molecular weight is 172 g/mol. The summed E-state index contributed by atoms with van der Waals surface area (Å²) in [5.41, 5.74) is 0.600. The zero-order valence-electron chi connectivity index (χ0n) is 6.76. The quantitative estimate of drug-likeness (QED) is 0.655. The molecule has 0 aromatic rings. The fraction of sp³-hybridized carbons (Fsp3) is 0.625. The first-order chi connectivity index (χ1) is 5.01. The first-order valence-electron chi connectivity index (χ1n) is 3.54. The topological polar surface area (TPSA) is 37.3 Å². The van der Waals surface area contributed by atoms with Crippen LogP contribution in [0.1, 0.15) is 13.8 Å². The normalized spacial score (nSPS) is 22.5. The minimum atomic E-state index is -0.773. The molecule has 0 aliphatic carbocycles. The van der Waals surface area contributed by atoms with Crippen LogP contribution in [0, 0.1) is 5.41 Å². The third-order valence-electron chi connectivity index (χ3n) is 1.57. The monoisotopic (exact) mass is 172 g/mol. The molecule has 1 aliphatic heterocycles. The van der Waals surface area contributed by atoms with Crippen molar-refractivity contribution in [3.8, 4) is 0 Å². The highest BCUT2D eigenvalue weighted by molar-refractivity contribution is 7.99. The Bertz CT molecular complexity index is 206. The molecule has 1 rings (SSSR count). The maximum absolute atomic E-state index is 10.6. The number of aliphatic carboxylic acids is 1. The van der Waals surface area contributed by atoms with Crippen molar-refractivity contribution >= 4 is 17.7 Å². The van der Waals surface area contributed by atoms with Crippen LogP contribution in [0.15, 0.2) is 11.6 Å². The van der Waals surface area contributed by atoms with Gasteiger partial charge in [0.25, 0.3) is 0 Å². The molecular weight excluding hydrogens is 160 g/mol. The van der Waals surface area contributed by atoms with Gasteiger partial charge in [0, 0.05) is 17.1 Å². The van der Waals surface area contributed by atoms with E-state index in [1.165, 1.54) is 0 Å². The minimum absolute atomic E-state index is 0.0522. The maximum Gasteiger partial charge on any atom is 0.332 e. The van der Waals surface area contributed by atoms with Gasteiger partial charge in [0.05, 0.1) is 0 Å². The van der Waals surface area contributed by atoms with E-state index in [4.69, 9.17) is 5.11 Å². The van der Waals surface area contributed by atoms with E-state index in [9.17, 15) is 4.79 Å². The molecule has 0 radical (unpaired) electrons. The molecule has 1 heterocycles. The van der Waals surface area contributed by atoms with E-state index in [0.717, 1.165) is 5.75 Å². The third-order valence-corrected chi connectivity index (χ3v) is 3.03. The van der Waals surface area contributed by atoms with Crippen LogP contribution in [0.4, 0.5) is 0 Å². The highest BCUT2D eigenvalue weighted by Gasteiger charge is 2.23. The van der Waals surface area contributed by atoms with Crippen LogP contribution in [0.5, 0.6) is 0 Å². The highest BCUT2D eigenvalue weighted by Crippen LogP contribution is 2.31. The van der Waals surface area contributed by atoms with Gasteiger partial charge < -0.3 is 5.11 Å². The van der Waals surface area contributed by atoms with E-state index < -0.39 is 5.97 Å². The second-order valence-corrected chi connectivity index (χ2v) is 4.44. The molecule has 1 aliphatic rings. The molecule has 0 unspecified atom stereocenters. The van der Waals surface area contributed by atoms with Crippen LogP contribution in [0.2, 0.25) is 0 Å². The molecule has 1 N–H and O–H groups in total. The second kappa shape index (κ2) is 2.89. The van der Waals surface area contributed by atoms with Crippen LogP contribution in [-0.4, -0.2) is 22.6 Å². The maximum atomic E-state index is 10.6. The zero-order chi connectivity index (χ0) is 8.48. The summed E-state index contributed by atoms with van der Waals surface area (Å²) in [5.74, 6) is 0.896. The summed E-state index contributed by atoms with van der Waals surface area (Å²) >= 11 is 1.69. The number of thioether (sulfide) groups is 1. The molecule has 0 fully saturated rings. The lowest BCUT2D eigenvalue weighted by atomic mass is 9.93. The highest BCUT2D eigenvalue weighted by atomic mass is 32.2. The molecule has 0 aromatic heterocycles. The number of hydrogen-bond acceptors (Lipinski definition) is 2. The molecule has 3 heteroatoms. The molecule has 11 heavy (non-hydrogen) atoms. The van der Waals surface area contributed by atoms with E-state index in [2.05, 4.69) is 13.8 Å². The van der Waals surface area contributed by atoms with Crippen molar-refractivity contribution in [1.82, 2.24) is 0 Å². The summed E-state index contributed by atoms with van der Waals surface area (Å²) in [5, 5.41) is 8.69. The van der Waals surface area contributed by atoms with Gasteiger partial charge in [-0.25, -0.2) is 4.79 Å². The van der Waals surface area contributed by atoms with Crippen molar-refractivity contribution in [2.45, 2.75) is 13.8 Å². The number of carboxylic acids is 1. The van der Waals surface area contributed by atoms with Crippen LogP contribution in [0.25, 0.3) is 0 Å². The standard InChI is InChI=1S/C8H12O2S/c1-8(2)3-6(7(9)10)4-11-5-8/h3H,4-5H2,1-2H3,(H,9,10). The van der Waals surface area contributed by atoms with E-state index in [1.807, 2.05) is 6.08 Å². The number of rotatable bonds is 1. The fourth-order valence-corrected chi connectivity index (χ4v) is 2.24. The molecule has 0 atom stereocenters. The van der Waals surface area contributed by atoms with Gasteiger partial charge in [-0.2, -0.15) is 11.8 Å². The number of allylic oxidation sites excluding steroid dienone is 1. The lowest BCUT2D eigenvalue weighted by Gasteiger charge is -2.25.